The monoisotopic (exact) mass is 281 g/mol. The van der Waals surface area contributed by atoms with Gasteiger partial charge in [-0.25, -0.2) is 8.42 Å². The predicted molar refractivity (Wildman–Crippen MR) is 69.3 cm³/mol. The van der Waals surface area contributed by atoms with Crippen molar-refractivity contribution in [3.8, 4) is 0 Å². The summed E-state index contributed by atoms with van der Waals surface area (Å²) in [5, 5.41) is 8.09. The van der Waals surface area contributed by atoms with E-state index >= 15 is 0 Å². The Morgan fingerprint density at radius 1 is 1.42 bits per heavy atom. The molecular formula is C12H15N3O3S. The molecule has 2 aliphatic heterocycles. The molecular weight excluding hydrogens is 266 g/mol. The van der Waals surface area contributed by atoms with E-state index in [4.69, 9.17) is 0 Å². The fourth-order valence-corrected chi connectivity index (χ4v) is 3.76. The maximum absolute atomic E-state index is 12.2. The van der Waals surface area contributed by atoms with E-state index in [2.05, 4.69) is 10.4 Å². The second-order valence-corrected chi connectivity index (χ2v) is 6.85. The summed E-state index contributed by atoms with van der Waals surface area (Å²) in [7, 11) is -3.14. The molecule has 7 heteroatoms. The number of hydrogen-bond acceptors (Lipinski definition) is 4. The molecule has 0 aliphatic carbocycles. The molecule has 0 fully saturated rings. The smallest absolute Gasteiger partial charge is 0.255 e. The highest BCUT2D eigenvalue weighted by molar-refractivity contribution is 7.94. The summed E-state index contributed by atoms with van der Waals surface area (Å²) in [4.78, 5) is 12.2. The van der Waals surface area contributed by atoms with Crippen molar-refractivity contribution in [3.05, 3.63) is 28.9 Å². The number of sulfone groups is 1. The minimum absolute atomic E-state index is 0.0534. The molecule has 19 heavy (non-hydrogen) atoms. The first kappa shape index (κ1) is 12.4. The lowest BCUT2D eigenvalue weighted by Crippen LogP contribution is -2.36. The number of rotatable bonds is 2. The molecule has 0 spiro atoms. The summed E-state index contributed by atoms with van der Waals surface area (Å²) in [6, 6.07) is -0.434. The SMILES string of the molecule is O=C(N[C@@H]1C=CS(=O)(=O)C1)c1cnn2c1CCCC2. The molecule has 0 unspecified atom stereocenters. The third-order valence-electron chi connectivity index (χ3n) is 3.47. The van der Waals surface area contributed by atoms with Crippen molar-refractivity contribution in [2.75, 3.05) is 5.75 Å². The third-order valence-corrected chi connectivity index (χ3v) is 4.87. The fourth-order valence-electron chi connectivity index (χ4n) is 2.52. The summed E-state index contributed by atoms with van der Waals surface area (Å²) < 4.78 is 24.4. The molecule has 6 nitrogen and oxygen atoms in total. The second-order valence-electron chi connectivity index (χ2n) is 4.92. The highest BCUT2D eigenvalue weighted by Gasteiger charge is 2.26. The van der Waals surface area contributed by atoms with Crippen molar-refractivity contribution >= 4 is 15.7 Å². The molecule has 3 rings (SSSR count). The van der Waals surface area contributed by atoms with E-state index in [0.29, 0.717) is 5.56 Å². The van der Waals surface area contributed by atoms with Gasteiger partial charge in [0, 0.05) is 12.0 Å². The van der Waals surface area contributed by atoms with E-state index in [0.717, 1.165) is 36.9 Å². The van der Waals surface area contributed by atoms with E-state index in [1.165, 1.54) is 6.08 Å². The topological polar surface area (TPSA) is 81.1 Å². The van der Waals surface area contributed by atoms with Gasteiger partial charge in [0.15, 0.2) is 9.84 Å². The molecule has 0 saturated heterocycles. The maximum atomic E-state index is 12.2. The van der Waals surface area contributed by atoms with Gasteiger partial charge in [0.1, 0.15) is 0 Å². The molecule has 1 aromatic rings. The van der Waals surface area contributed by atoms with E-state index in [-0.39, 0.29) is 11.7 Å². The molecule has 1 atom stereocenters. The van der Waals surface area contributed by atoms with Gasteiger partial charge >= 0.3 is 0 Å². The largest absolute Gasteiger partial charge is 0.345 e. The van der Waals surface area contributed by atoms with Gasteiger partial charge in [-0.15, -0.1) is 0 Å². The number of aromatic nitrogens is 2. The van der Waals surface area contributed by atoms with Crippen LogP contribution in [0.2, 0.25) is 0 Å². The quantitative estimate of drug-likeness (QED) is 0.843. The Labute approximate surface area is 111 Å². The molecule has 2 aliphatic rings. The van der Waals surface area contributed by atoms with Crippen LogP contribution < -0.4 is 5.32 Å². The first-order valence-electron chi connectivity index (χ1n) is 6.32. The van der Waals surface area contributed by atoms with Gasteiger partial charge < -0.3 is 5.32 Å². The van der Waals surface area contributed by atoms with Crippen LogP contribution in [0.15, 0.2) is 17.7 Å². The molecule has 0 radical (unpaired) electrons. The number of aryl methyl sites for hydroxylation is 1. The van der Waals surface area contributed by atoms with Crippen molar-refractivity contribution in [3.63, 3.8) is 0 Å². The zero-order valence-electron chi connectivity index (χ0n) is 10.4. The van der Waals surface area contributed by atoms with Crippen LogP contribution in [0.3, 0.4) is 0 Å². The average Bonchev–Trinajstić information content (AvgIpc) is 2.92. The lowest BCUT2D eigenvalue weighted by Gasteiger charge is -2.15. The first-order chi connectivity index (χ1) is 9.05. The van der Waals surface area contributed by atoms with Crippen molar-refractivity contribution in [1.29, 1.82) is 0 Å². The van der Waals surface area contributed by atoms with Crippen LogP contribution in [0.25, 0.3) is 0 Å². The van der Waals surface area contributed by atoms with E-state index in [1.54, 1.807) is 6.20 Å². The number of amides is 1. The predicted octanol–water partition coefficient (Wildman–Crippen LogP) is 0.260. The van der Waals surface area contributed by atoms with Gasteiger partial charge in [-0.05, 0) is 25.3 Å². The first-order valence-corrected chi connectivity index (χ1v) is 8.03. The van der Waals surface area contributed by atoms with Crippen LogP contribution in [-0.2, 0) is 22.8 Å². The van der Waals surface area contributed by atoms with Crippen LogP contribution in [0.5, 0.6) is 0 Å². The van der Waals surface area contributed by atoms with Crippen LogP contribution in [0.1, 0.15) is 28.9 Å². The standard InChI is InChI=1S/C12H15N3O3S/c16-12(14-9-4-6-19(17,18)8-9)10-7-13-15-5-2-1-3-11(10)15/h4,6-7,9H,1-3,5,8H2,(H,14,16)/t9-/m1/s1. The van der Waals surface area contributed by atoms with Crippen LogP contribution in [-0.4, -0.2) is 35.9 Å². The molecule has 0 saturated carbocycles. The number of carbonyl (C=O) groups is 1. The molecule has 0 bridgehead atoms. The highest BCUT2D eigenvalue weighted by atomic mass is 32.2. The Morgan fingerprint density at radius 3 is 3.00 bits per heavy atom. The van der Waals surface area contributed by atoms with Gasteiger partial charge in [-0.1, -0.05) is 0 Å². The van der Waals surface area contributed by atoms with Crippen molar-refractivity contribution in [1.82, 2.24) is 15.1 Å². The Kier molecular flexibility index (Phi) is 2.93. The van der Waals surface area contributed by atoms with Gasteiger partial charge in [-0.2, -0.15) is 5.10 Å². The van der Waals surface area contributed by atoms with Crippen LogP contribution in [0, 0.1) is 0 Å². The lowest BCUT2D eigenvalue weighted by molar-refractivity contribution is 0.0946. The van der Waals surface area contributed by atoms with Gasteiger partial charge in [0.05, 0.1) is 29.2 Å². The zero-order chi connectivity index (χ0) is 13.5. The van der Waals surface area contributed by atoms with E-state index < -0.39 is 15.9 Å². The second kappa shape index (κ2) is 4.48. The summed E-state index contributed by atoms with van der Waals surface area (Å²) in [5.41, 5.74) is 1.52. The minimum Gasteiger partial charge on any atom is -0.345 e. The Bertz CT molecular complexity index is 645. The van der Waals surface area contributed by atoms with Gasteiger partial charge in [-0.3, -0.25) is 9.48 Å². The normalized spacial score (nSPS) is 24.1. The van der Waals surface area contributed by atoms with Crippen LogP contribution >= 0.6 is 0 Å². The fraction of sp³-hybridized carbons (Fsp3) is 0.500. The highest BCUT2D eigenvalue weighted by Crippen LogP contribution is 2.18. The van der Waals surface area contributed by atoms with Crippen molar-refractivity contribution < 1.29 is 13.2 Å². The third kappa shape index (κ3) is 2.42. The lowest BCUT2D eigenvalue weighted by atomic mass is 10.1. The summed E-state index contributed by atoms with van der Waals surface area (Å²) in [6.45, 7) is 0.848. The minimum atomic E-state index is -3.14. The molecule has 3 heterocycles. The van der Waals surface area contributed by atoms with E-state index in [1.807, 2.05) is 4.68 Å². The zero-order valence-corrected chi connectivity index (χ0v) is 11.2. The number of nitrogens with one attached hydrogen (secondary N) is 1. The van der Waals surface area contributed by atoms with Crippen LogP contribution in [0.4, 0.5) is 0 Å². The molecule has 102 valence electrons. The summed E-state index contributed by atoms with van der Waals surface area (Å²) >= 11 is 0. The summed E-state index contributed by atoms with van der Waals surface area (Å²) in [6.07, 6.45) is 6.08. The number of carbonyl (C=O) groups excluding carboxylic acids is 1. The van der Waals surface area contributed by atoms with Crippen molar-refractivity contribution in [2.24, 2.45) is 0 Å². The Balaban J connectivity index is 1.75. The summed E-state index contributed by atoms with van der Waals surface area (Å²) in [5.74, 6) is -0.294. The number of nitrogens with zero attached hydrogens (tertiary/aromatic N) is 2. The average molecular weight is 281 g/mol. The molecule has 0 aromatic carbocycles. The number of hydrogen-bond donors (Lipinski definition) is 1. The molecule has 1 amide bonds. The maximum Gasteiger partial charge on any atom is 0.255 e. The Morgan fingerprint density at radius 2 is 2.26 bits per heavy atom. The molecule has 1 aromatic heterocycles. The van der Waals surface area contributed by atoms with E-state index in [9.17, 15) is 13.2 Å². The van der Waals surface area contributed by atoms with Crippen molar-refractivity contribution in [2.45, 2.75) is 31.8 Å². The Hall–Kier alpha value is -1.63. The van der Waals surface area contributed by atoms with Gasteiger partial charge in [0.2, 0.25) is 0 Å². The van der Waals surface area contributed by atoms with Gasteiger partial charge in [0.25, 0.3) is 5.91 Å². The number of fused-ring (bicyclic) bond motifs is 1. The molecule has 1 N–H and O–H groups in total.